The Kier molecular flexibility index (Phi) is 3.58. The second-order valence-electron chi connectivity index (χ2n) is 1.61. The normalized spacial score (nSPS) is 10.3. The second kappa shape index (κ2) is 4.01. The summed E-state index contributed by atoms with van der Waals surface area (Å²) >= 11 is 8.77. The average molecular weight is 381 g/mol. The third kappa shape index (κ3) is 1.70. The van der Waals surface area contributed by atoms with Gasteiger partial charge in [0.2, 0.25) is 0 Å². The van der Waals surface area contributed by atoms with Gasteiger partial charge in [0.25, 0.3) is 0 Å². The van der Waals surface area contributed by atoms with Crippen molar-refractivity contribution in [2.45, 2.75) is 10.7 Å². The van der Waals surface area contributed by atoms with E-state index in [4.69, 9.17) is 0 Å². The van der Waals surface area contributed by atoms with E-state index in [0.29, 0.717) is 0 Å². The lowest BCUT2D eigenvalue weighted by Crippen LogP contribution is -1.89. The molecule has 10 heavy (non-hydrogen) atoms. The molecule has 1 heterocycles. The summed E-state index contributed by atoms with van der Waals surface area (Å²) < 4.78 is 1.74. The monoisotopic (exact) mass is 379 g/mol. The van der Waals surface area contributed by atoms with Crippen LogP contribution in [0.5, 0.6) is 0 Å². The summed E-state index contributed by atoms with van der Waals surface area (Å²) in [5, 5.41) is 9.34. The number of hydrogen-bond acceptors (Lipinski definition) is 2. The minimum Gasteiger partial charge on any atom is -0.187 e. The molecular weight excluding hydrogens is 377 g/mol. The second-order valence-corrected chi connectivity index (χ2v) is 3.65. The van der Waals surface area contributed by atoms with Crippen LogP contribution in [0, 0.1) is 0 Å². The Morgan fingerprint density at radius 2 is 2.10 bits per heavy atom. The molecule has 0 fully saturated rings. The van der Waals surface area contributed by atoms with Crippen molar-refractivity contribution in [3.8, 4) is 0 Å². The Morgan fingerprint density at radius 3 is 2.50 bits per heavy atom. The van der Waals surface area contributed by atoms with Gasteiger partial charge in [0.05, 0.1) is 34.3 Å². The van der Waals surface area contributed by atoms with E-state index >= 15 is 0 Å². The first kappa shape index (κ1) is 8.92. The van der Waals surface area contributed by atoms with E-state index in [1.807, 2.05) is 0 Å². The number of nitrogens with zero attached hydrogens (tertiary/aromatic N) is 3. The highest BCUT2D eigenvalue weighted by molar-refractivity contribution is 14.1. The molecule has 0 saturated carbocycles. The lowest BCUT2D eigenvalue weighted by atomic mass is 10.4. The van der Waals surface area contributed by atoms with E-state index in [1.54, 1.807) is 2.90 Å². The van der Waals surface area contributed by atoms with E-state index in [2.05, 4.69) is 65.0 Å². The van der Waals surface area contributed by atoms with Gasteiger partial charge in [-0.25, -0.2) is 0 Å². The summed E-state index contributed by atoms with van der Waals surface area (Å²) in [7, 11) is 0. The first-order chi connectivity index (χ1) is 4.79. The molecule has 0 atom stereocenters. The van der Waals surface area contributed by atoms with Crippen LogP contribution in [-0.2, 0) is 10.7 Å². The quantitative estimate of drug-likeness (QED) is 0.582. The Hall–Kier alpha value is 0.830. The van der Waals surface area contributed by atoms with Crippen molar-refractivity contribution in [1.29, 1.82) is 0 Å². The zero-order valence-corrected chi connectivity index (χ0v) is 10.2. The highest BCUT2D eigenvalue weighted by atomic mass is 127. The van der Waals surface area contributed by atoms with Gasteiger partial charge in [0.15, 0.2) is 0 Å². The van der Waals surface area contributed by atoms with Crippen LogP contribution in [0.1, 0.15) is 11.4 Å². The minimum absolute atomic E-state index is 0.761. The first-order valence-corrected chi connectivity index (χ1v) is 5.72. The Morgan fingerprint density at radius 1 is 1.40 bits per heavy atom. The van der Waals surface area contributed by atoms with E-state index in [1.165, 1.54) is 0 Å². The van der Waals surface area contributed by atoms with E-state index < -0.39 is 0 Å². The number of rotatable bonds is 2. The molecule has 56 valence electrons. The Balaban J connectivity index is 3.01. The summed E-state index contributed by atoms with van der Waals surface area (Å²) in [5.41, 5.74) is 2.10. The maximum atomic E-state index is 3.93. The van der Waals surface area contributed by atoms with Crippen LogP contribution in [0.4, 0.5) is 0 Å². The van der Waals surface area contributed by atoms with Gasteiger partial charge in [-0.05, 0) is 0 Å². The fourth-order valence-electron chi connectivity index (χ4n) is 0.542. The van der Waals surface area contributed by atoms with Crippen LogP contribution in [0.3, 0.4) is 0 Å². The fraction of sp³-hybridized carbons (Fsp3) is 0.500. The fourth-order valence-corrected chi connectivity index (χ4v) is 2.55. The molecule has 0 N–H and O–H groups in total. The molecule has 0 amide bonds. The number of aromatic nitrogens is 3. The maximum Gasteiger partial charge on any atom is 0.0982 e. The van der Waals surface area contributed by atoms with Gasteiger partial charge >= 0.3 is 0 Å². The zero-order valence-electron chi connectivity index (χ0n) is 4.89. The van der Waals surface area contributed by atoms with Crippen LogP contribution in [-0.4, -0.2) is 13.2 Å². The lowest BCUT2D eigenvalue weighted by molar-refractivity contribution is 0.898. The van der Waals surface area contributed by atoms with Crippen molar-refractivity contribution in [2.24, 2.45) is 0 Å². The molecule has 3 nitrogen and oxygen atoms in total. The van der Waals surface area contributed by atoms with Crippen molar-refractivity contribution >= 4 is 54.7 Å². The number of hydrogen-bond donors (Lipinski definition) is 0. The SMILES string of the molecule is BrCc1nnn(I)c1CBr. The van der Waals surface area contributed by atoms with Crippen LogP contribution in [0.25, 0.3) is 0 Å². The largest absolute Gasteiger partial charge is 0.187 e. The van der Waals surface area contributed by atoms with Crippen molar-refractivity contribution in [3.05, 3.63) is 11.4 Å². The lowest BCUT2D eigenvalue weighted by Gasteiger charge is -1.92. The Bertz CT molecular complexity index is 224. The van der Waals surface area contributed by atoms with Crippen molar-refractivity contribution in [1.82, 2.24) is 13.2 Å². The smallest absolute Gasteiger partial charge is 0.0982 e. The van der Waals surface area contributed by atoms with Crippen LogP contribution < -0.4 is 0 Å². The topological polar surface area (TPSA) is 30.7 Å². The highest BCUT2D eigenvalue weighted by Gasteiger charge is 2.07. The molecule has 0 radical (unpaired) electrons. The van der Waals surface area contributed by atoms with E-state index in [-0.39, 0.29) is 0 Å². The molecule has 0 unspecified atom stereocenters. The van der Waals surface area contributed by atoms with Gasteiger partial charge in [-0.3, -0.25) is 0 Å². The van der Waals surface area contributed by atoms with Crippen LogP contribution in [0.2, 0.25) is 0 Å². The molecule has 1 rings (SSSR count). The molecular formula is C4H4Br2IN3. The molecule has 0 spiro atoms. The van der Waals surface area contributed by atoms with Crippen molar-refractivity contribution < 1.29 is 0 Å². The molecule has 0 aliphatic carbocycles. The van der Waals surface area contributed by atoms with Crippen molar-refractivity contribution in [2.75, 3.05) is 0 Å². The van der Waals surface area contributed by atoms with Crippen LogP contribution in [0.15, 0.2) is 0 Å². The van der Waals surface area contributed by atoms with Gasteiger partial charge in [-0.2, -0.15) is 2.90 Å². The molecule has 0 aliphatic rings. The average Bonchev–Trinajstić information content (AvgIpc) is 2.30. The highest BCUT2D eigenvalue weighted by Crippen LogP contribution is 2.14. The predicted octanol–water partition coefficient (Wildman–Crippen LogP) is 2.27. The zero-order chi connectivity index (χ0) is 7.56. The van der Waals surface area contributed by atoms with E-state index in [0.717, 1.165) is 22.0 Å². The van der Waals surface area contributed by atoms with Crippen LogP contribution >= 0.6 is 54.7 Å². The number of halogens is 3. The third-order valence-electron chi connectivity index (χ3n) is 1.05. The summed E-state index contributed by atoms with van der Waals surface area (Å²) in [4.78, 5) is 0. The summed E-state index contributed by atoms with van der Waals surface area (Å²) in [6.45, 7) is 0. The van der Waals surface area contributed by atoms with Crippen molar-refractivity contribution in [3.63, 3.8) is 0 Å². The molecule has 0 aromatic carbocycles. The third-order valence-corrected chi connectivity index (χ3v) is 2.89. The molecule has 0 bridgehead atoms. The van der Waals surface area contributed by atoms with Gasteiger partial charge < -0.3 is 0 Å². The van der Waals surface area contributed by atoms with Gasteiger partial charge in [0, 0.05) is 10.7 Å². The standard InChI is InChI=1S/C4H4Br2IN3/c5-1-3-4(2-6)10(7)9-8-3/h1-2H2. The molecule has 1 aromatic rings. The van der Waals surface area contributed by atoms with E-state index in [9.17, 15) is 0 Å². The van der Waals surface area contributed by atoms with Gasteiger partial charge in [-0.15, -0.1) is 5.10 Å². The molecule has 1 aromatic heterocycles. The number of alkyl halides is 2. The maximum absolute atomic E-state index is 3.93. The summed E-state index contributed by atoms with van der Waals surface area (Å²) in [6, 6.07) is 0. The van der Waals surface area contributed by atoms with Gasteiger partial charge in [0.1, 0.15) is 0 Å². The Labute approximate surface area is 89.3 Å². The summed E-state index contributed by atoms with van der Waals surface area (Å²) in [6.07, 6.45) is 0. The van der Waals surface area contributed by atoms with Gasteiger partial charge in [-0.1, -0.05) is 37.1 Å². The minimum atomic E-state index is 0.761. The predicted molar refractivity (Wildman–Crippen MR) is 54.7 cm³/mol. The summed E-state index contributed by atoms with van der Waals surface area (Å²) in [5.74, 6) is 0. The molecule has 0 aliphatic heterocycles. The molecule has 0 saturated heterocycles. The molecule has 6 heteroatoms. The first-order valence-electron chi connectivity index (χ1n) is 2.51.